The van der Waals surface area contributed by atoms with Crippen molar-refractivity contribution in [1.29, 1.82) is 0 Å². The molecule has 0 bridgehead atoms. The summed E-state index contributed by atoms with van der Waals surface area (Å²) in [6.07, 6.45) is 4.81. The molecule has 1 N–H and O–H groups in total. The van der Waals surface area contributed by atoms with Crippen molar-refractivity contribution in [2.24, 2.45) is 5.41 Å². The molecule has 0 spiro atoms. The Labute approximate surface area is 124 Å². The van der Waals surface area contributed by atoms with Crippen LogP contribution in [0.5, 0.6) is 0 Å². The topological polar surface area (TPSA) is 55.2 Å². The Bertz CT molecular complexity index is 503. The van der Waals surface area contributed by atoms with Gasteiger partial charge in [0.15, 0.2) is 0 Å². The zero-order valence-corrected chi connectivity index (χ0v) is 12.7. The van der Waals surface area contributed by atoms with E-state index in [1.54, 1.807) is 12.1 Å². The summed E-state index contributed by atoms with van der Waals surface area (Å²) in [4.78, 5) is 10.7. The predicted molar refractivity (Wildman–Crippen MR) is 81.0 cm³/mol. The molecule has 0 saturated heterocycles. The Morgan fingerprint density at radius 1 is 1.45 bits per heavy atom. The monoisotopic (exact) mass is 296 g/mol. The highest BCUT2D eigenvalue weighted by molar-refractivity contribution is 6.30. The lowest BCUT2D eigenvalue weighted by molar-refractivity contribution is -0.385. The average molecular weight is 297 g/mol. The Hall–Kier alpha value is -1.13. The van der Waals surface area contributed by atoms with Crippen LogP contribution >= 0.6 is 11.6 Å². The van der Waals surface area contributed by atoms with Crippen LogP contribution in [-0.2, 0) is 6.54 Å². The molecule has 0 heterocycles. The number of nitro benzene ring substituents is 1. The Balaban J connectivity index is 2.10. The summed E-state index contributed by atoms with van der Waals surface area (Å²) < 4.78 is 0. The van der Waals surface area contributed by atoms with Crippen LogP contribution in [0.15, 0.2) is 18.2 Å². The smallest absolute Gasteiger partial charge is 0.273 e. The Morgan fingerprint density at radius 2 is 2.20 bits per heavy atom. The van der Waals surface area contributed by atoms with E-state index in [0.717, 1.165) is 6.42 Å². The molecule has 4 nitrogen and oxygen atoms in total. The lowest BCUT2D eigenvalue weighted by Gasteiger charge is -2.39. The van der Waals surface area contributed by atoms with E-state index in [2.05, 4.69) is 19.2 Å². The van der Waals surface area contributed by atoms with Crippen LogP contribution in [0.25, 0.3) is 0 Å². The molecule has 0 amide bonds. The first-order valence-corrected chi connectivity index (χ1v) is 7.44. The lowest BCUT2D eigenvalue weighted by Crippen LogP contribution is -2.43. The van der Waals surface area contributed by atoms with Crippen LogP contribution in [0.2, 0.25) is 5.02 Å². The quantitative estimate of drug-likeness (QED) is 0.665. The third-order valence-corrected chi connectivity index (χ3v) is 4.52. The average Bonchev–Trinajstić information content (AvgIpc) is 2.36. The second-order valence-corrected chi connectivity index (χ2v) is 6.63. The van der Waals surface area contributed by atoms with Crippen molar-refractivity contribution in [3.63, 3.8) is 0 Å². The second-order valence-electron chi connectivity index (χ2n) is 6.20. The van der Waals surface area contributed by atoms with Gasteiger partial charge in [-0.25, -0.2) is 0 Å². The van der Waals surface area contributed by atoms with Crippen molar-refractivity contribution < 1.29 is 4.92 Å². The molecule has 1 fully saturated rings. The van der Waals surface area contributed by atoms with Crippen molar-refractivity contribution in [3.8, 4) is 0 Å². The maximum absolute atomic E-state index is 11.0. The third-order valence-electron chi connectivity index (χ3n) is 4.28. The summed E-state index contributed by atoms with van der Waals surface area (Å²) in [5, 5.41) is 15.1. The van der Waals surface area contributed by atoms with E-state index in [-0.39, 0.29) is 16.0 Å². The van der Waals surface area contributed by atoms with Gasteiger partial charge in [0.2, 0.25) is 0 Å². The highest BCUT2D eigenvalue weighted by atomic mass is 35.5. The predicted octanol–water partition coefficient (Wildman–Crippen LogP) is 4.31. The van der Waals surface area contributed by atoms with Gasteiger partial charge in [-0.1, -0.05) is 38.3 Å². The fraction of sp³-hybridized carbons (Fsp3) is 0.600. The SMILES string of the molecule is CC1(C)CCCCC1NCc1cc(Cl)ccc1[N+](=O)[O-]. The molecule has 0 aromatic heterocycles. The van der Waals surface area contributed by atoms with Crippen LogP contribution < -0.4 is 5.32 Å². The van der Waals surface area contributed by atoms with Gasteiger partial charge >= 0.3 is 0 Å². The maximum atomic E-state index is 11.0. The summed E-state index contributed by atoms with van der Waals surface area (Å²) in [5.41, 5.74) is 1.03. The standard InChI is InChI=1S/C15H21ClN2O2/c1-15(2)8-4-3-5-14(15)17-10-11-9-12(16)6-7-13(11)18(19)20/h6-7,9,14,17H,3-5,8,10H2,1-2H3. The summed E-state index contributed by atoms with van der Waals surface area (Å²) in [6, 6.07) is 5.12. The van der Waals surface area contributed by atoms with E-state index in [0.29, 0.717) is 23.2 Å². The van der Waals surface area contributed by atoms with Crippen molar-refractivity contribution in [2.75, 3.05) is 0 Å². The summed E-state index contributed by atoms with van der Waals surface area (Å²) in [7, 11) is 0. The van der Waals surface area contributed by atoms with E-state index < -0.39 is 0 Å². The first kappa shape index (κ1) is 15.3. The van der Waals surface area contributed by atoms with Gasteiger partial charge in [-0.05, 0) is 30.4 Å². The number of halogens is 1. The number of benzene rings is 1. The molecule has 110 valence electrons. The van der Waals surface area contributed by atoms with Crippen LogP contribution in [0.3, 0.4) is 0 Å². The van der Waals surface area contributed by atoms with Gasteiger partial charge < -0.3 is 5.32 Å². The molecule has 20 heavy (non-hydrogen) atoms. The summed E-state index contributed by atoms with van der Waals surface area (Å²) in [5.74, 6) is 0. The maximum Gasteiger partial charge on any atom is 0.273 e. The number of rotatable bonds is 4. The number of hydrogen-bond acceptors (Lipinski definition) is 3. The lowest BCUT2D eigenvalue weighted by atomic mass is 9.73. The summed E-state index contributed by atoms with van der Waals surface area (Å²) >= 11 is 5.95. The fourth-order valence-corrected chi connectivity index (χ4v) is 3.17. The number of nitrogens with one attached hydrogen (secondary N) is 1. The van der Waals surface area contributed by atoms with Crippen LogP contribution in [0, 0.1) is 15.5 Å². The molecule has 2 rings (SSSR count). The number of hydrogen-bond donors (Lipinski definition) is 1. The number of nitro groups is 1. The molecule has 0 aliphatic heterocycles. The second kappa shape index (κ2) is 6.10. The van der Waals surface area contributed by atoms with E-state index in [4.69, 9.17) is 11.6 Å². The normalized spacial score (nSPS) is 21.6. The molecule has 1 unspecified atom stereocenters. The van der Waals surface area contributed by atoms with Gasteiger partial charge in [0.1, 0.15) is 0 Å². The minimum atomic E-state index is -0.348. The molecular formula is C15H21ClN2O2. The van der Waals surface area contributed by atoms with Gasteiger partial charge in [0, 0.05) is 29.2 Å². The molecule has 0 radical (unpaired) electrons. The van der Waals surface area contributed by atoms with Gasteiger partial charge in [-0.15, -0.1) is 0 Å². The molecule has 5 heteroatoms. The van der Waals surface area contributed by atoms with Crippen molar-refractivity contribution in [3.05, 3.63) is 38.9 Å². The van der Waals surface area contributed by atoms with Crippen molar-refractivity contribution in [1.82, 2.24) is 5.32 Å². The first-order chi connectivity index (χ1) is 9.40. The molecule has 1 aromatic carbocycles. The zero-order valence-electron chi connectivity index (χ0n) is 12.0. The Kier molecular flexibility index (Phi) is 4.66. The minimum Gasteiger partial charge on any atom is -0.309 e. The third kappa shape index (κ3) is 3.49. The van der Waals surface area contributed by atoms with E-state index in [1.807, 2.05) is 0 Å². The molecule has 1 aromatic rings. The van der Waals surface area contributed by atoms with Crippen molar-refractivity contribution in [2.45, 2.75) is 52.1 Å². The highest BCUT2D eigenvalue weighted by Gasteiger charge is 2.32. The molecule has 1 aliphatic carbocycles. The minimum absolute atomic E-state index is 0.135. The fourth-order valence-electron chi connectivity index (χ4n) is 2.98. The van der Waals surface area contributed by atoms with E-state index >= 15 is 0 Å². The first-order valence-electron chi connectivity index (χ1n) is 7.06. The van der Waals surface area contributed by atoms with Crippen LogP contribution in [0.4, 0.5) is 5.69 Å². The molecule has 1 aliphatic rings. The molecule has 1 atom stereocenters. The van der Waals surface area contributed by atoms with Crippen molar-refractivity contribution >= 4 is 17.3 Å². The van der Waals surface area contributed by atoms with Crippen LogP contribution in [-0.4, -0.2) is 11.0 Å². The Morgan fingerprint density at radius 3 is 2.85 bits per heavy atom. The van der Waals surface area contributed by atoms with Gasteiger partial charge in [0.05, 0.1) is 4.92 Å². The largest absolute Gasteiger partial charge is 0.309 e. The molecule has 1 saturated carbocycles. The zero-order chi connectivity index (χ0) is 14.8. The number of nitrogens with zero attached hydrogens (tertiary/aromatic N) is 1. The summed E-state index contributed by atoms with van der Waals surface area (Å²) in [6.45, 7) is 5.01. The van der Waals surface area contributed by atoms with E-state index in [9.17, 15) is 10.1 Å². The van der Waals surface area contributed by atoms with Gasteiger partial charge in [-0.2, -0.15) is 0 Å². The van der Waals surface area contributed by atoms with Gasteiger partial charge in [0.25, 0.3) is 5.69 Å². The highest BCUT2D eigenvalue weighted by Crippen LogP contribution is 2.35. The van der Waals surface area contributed by atoms with Gasteiger partial charge in [-0.3, -0.25) is 10.1 Å². The van der Waals surface area contributed by atoms with Crippen LogP contribution in [0.1, 0.15) is 45.1 Å². The molecular weight excluding hydrogens is 276 g/mol. The van der Waals surface area contributed by atoms with E-state index in [1.165, 1.54) is 25.3 Å².